The number of rotatable bonds is 5. The van der Waals surface area contributed by atoms with Crippen LogP contribution in [0.2, 0.25) is 0 Å². The van der Waals surface area contributed by atoms with Gasteiger partial charge in [-0.1, -0.05) is 18.6 Å². The molecule has 2 aliphatic rings. The summed E-state index contributed by atoms with van der Waals surface area (Å²) in [6.45, 7) is -0.306. The van der Waals surface area contributed by atoms with Crippen molar-refractivity contribution in [3.05, 3.63) is 29.8 Å². The van der Waals surface area contributed by atoms with Gasteiger partial charge in [-0.3, -0.25) is 9.59 Å². The van der Waals surface area contributed by atoms with Gasteiger partial charge in [0.1, 0.15) is 6.07 Å². The molecule has 2 bridgehead atoms. The van der Waals surface area contributed by atoms with Crippen LogP contribution in [0.25, 0.3) is 0 Å². The minimum absolute atomic E-state index is 0.300. The molecule has 0 unspecified atom stereocenters. The van der Waals surface area contributed by atoms with E-state index in [1.807, 2.05) is 6.07 Å². The van der Waals surface area contributed by atoms with Gasteiger partial charge in [0.15, 0.2) is 6.61 Å². The van der Waals surface area contributed by atoms with Crippen LogP contribution in [0.4, 0.5) is 5.69 Å². The Morgan fingerprint density at radius 2 is 2.09 bits per heavy atom. The maximum Gasteiger partial charge on any atom is 0.306 e. The summed E-state index contributed by atoms with van der Waals surface area (Å²) in [7, 11) is 0. The van der Waals surface area contributed by atoms with Crippen molar-refractivity contribution in [3.63, 3.8) is 0 Å². The normalized spacial score (nSPS) is 24.9. The Morgan fingerprint density at radius 1 is 1.26 bits per heavy atom. The van der Waals surface area contributed by atoms with Crippen LogP contribution < -0.4 is 5.32 Å². The lowest BCUT2D eigenvalue weighted by Crippen LogP contribution is -2.23. The Hall–Kier alpha value is -2.35. The number of hydrogen-bond donors (Lipinski definition) is 1. The fraction of sp³-hybridized carbons (Fsp3) is 0.500. The van der Waals surface area contributed by atoms with Gasteiger partial charge in [-0.25, -0.2) is 0 Å². The van der Waals surface area contributed by atoms with Crippen molar-refractivity contribution in [2.24, 2.45) is 17.8 Å². The molecule has 1 aromatic rings. The van der Waals surface area contributed by atoms with E-state index in [1.165, 1.54) is 19.3 Å². The summed E-state index contributed by atoms with van der Waals surface area (Å²) in [6, 6.07) is 8.73. The number of amides is 1. The third-order valence-electron chi connectivity index (χ3n) is 5.00. The number of nitriles is 1. The van der Waals surface area contributed by atoms with E-state index >= 15 is 0 Å². The molecular formula is C18H20N2O3. The third kappa shape index (κ3) is 3.70. The molecule has 2 fully saturated rings. The highest BCUT2D eigenvalue weighted by Crippen LogP contribution is 2.49. The summed E-state index contributed by atoms with van der Waals surface area (Å²) in [4.78, 5) is 23.8. The summed E-state index contributed by atoms with van der Waals surface area (Å²) in [5.41, 5.74) is 0.818. The number of esters is 1. The molecule has 2 aliphatic carbocycles. The van der Waals surface area contributed by atoms with Crippen molar-refractivity contribution in [3.8, 4) is 6.07 Å². The van der Waals surface area contributed by atoms with Gasteiger partial charge in [0.2, 0.25) is 0 Å². The Balaban J connectivity index is 1.44. The van der Waals surface area contributed by atoms with Gasteiger partial charge in [-0.15, -0.1) is 0 Å². The van der Waals surface area contributed by atoms with Crippen LogP contribution in [0.3, 0.4) is 0 Å². The molecule has 3 rings (SSSR count). The highest BCUT2D eigenvalue weighted by atomic mass is 16.5. The second-order valence-corrected chi connectivity index (χ2v) is 6.51. The fourth-order valence-electron chi connectivity index (χ4n) is 3.92. The van der Waals surface area contributed by atoms with E-state index in [1.54, 1.807) is 24.3 Å². The van der Waals surface area contributed by atoms with Crippen LogP contribution in [-0.4, -0.2) is 18.5 Å². The minimum Gasteiger partial charge on any atom is -0.456 e. The van der Waals surface area contributed by atoms with Crippen molar-refractivity contribution >= 4 is 17.6 Å². The maximum atomic E-state index is 11.9. The molecule has 1 N–H and O–H groups in total. The fourth-order valence-corrected chi connectivity index (χ4v) is 3.92. The van der Waals surface area contributed by atoms with E-state index in [4.69, 9.17) is 10.00 Å². The second kappa shape index (κ2) is 6.82. The van der Waals surface area contributed by atoms with Crippen molar-refractivity contribution in [2.75, 3.05) is 11.9 Å². The number of hydrogen-bond acceptors (Lipinski definition) is 4. The monoisotopic (exact) mass is 312 g/mol. The number of ether oxygens (including phenoxy) is 1. The lowest BCUT2D eigenvalue weighted by Gasteiger charge is -2.20. The molecular weight excluding hydrogens is 292 g/mol. The number of carbonyl (C=O) groups is 2. The average Bonchev–Trinajstić information content (AvgIpc) is 3.16. The number of nitrogens with one attached hydrogen (secondary N) is 1. The highest BCUT2D eigenvalue weighted by Gasteiger charge is 2.40. The minimum atomic E-state index is -0.422. The zero-order valence-corrected chi connectivity index (χ0v) is 13.0. The van der Waals surface area contributed by atoms with Crippen LogP contribution in [0.15, 0.2) is 24.3 Å². The van der Waals surface area contributed by atoms with Crippen molar-refractivity contribution in [1.29, 1.82) is 5.26 Å². The molecule has 3 atom stereocenters. The van der Waals surface area contributed by atoms with Gasteiger partial charge in [0.05, 0.1) is 11.3 Å². The molecule has 0 aliphatic heterocycles. The SMILES string of the molecule is N#Cc1ccccc1NC(=O)COC(=O)C[C@@H]1C[C@@H]2CC[C@@H]1C2. The van der Waals surface area contributed by atoms with Gasteiger partial charge < -0.3 is 10.1 Å². The third-order valence-corrected chi connectivity index (χ3v) is 5.00. The summed E-state index contributed by atoms with van der Waals surface area (Å²) >= 11 is 0. The Kier molecular flexibility index (Phi) is 4.61. The Morgan fingerprint density at radius 3 is 2.78 bits per heavy atom. The van der Waals surface area contributed by atoms with E-state index in [2.05, 4.69) is 5.32 Å². The molecule has 23 heavy (non-hydrogen) atoms. The Labute approximate surface area is 135 Å². The maximum absolute atomic E-state index is 11.9. The van der Waals surface area contributed by atoms with Gasteiger partial charge in [-0.2, -0.15) is 5.26 Å². The van der Waals surface area contributed by atoms with Gasteiger partial charge >= 0.3 is 5.97 Å². The second-order valence-electron chi connectivity index (χ2n) is 6.51. The van der Waals surface area contributed by atoms with Crippen LogP contribution in [0.5, 0.6) is 0 Å². The highest BCUT2D eigenvalue weighted by molar-refractivity contribution is 5.93. The number of anilines is 1. The van der Waals surface area contributed by atoms with Crippen molar-refractivity contribution < 1.29 is 14.3 Å². The predicted molar refractivity (Wildman–Crippen MR) is 84.3 cm³/mol. The summed E-state index contributed by atoms with van der Waals surface area (Å²) in [5, 5.41) is 11.6. The van der Waals surface area contributed by atoms with E-state index < -0.39 is 5.91 Å². The zero-order chi connectivity index (χ0) is 16.2. The first kappa shape index (κ1) is 15.5. The molecule has 0 heterocycles. The van der Waals surface area contributed by atoms with Crippen LogP contribution in [-0.2, 0) is 14.3 Å². The number of nitrogens with zero attached hydrogens (tertiary/aromatic N) is 1. The smallest absolute Gasteiger partial charge is 0.306 e. The molecule has 0 spiro atoms. The molecule has 0 saturated heterocycles. The number of benzene rings is 1. The van der Waals surface area contributed by atoms with Crippen LogP contribution in [0, 0.1) is 29.1 Å². The summed E-state index contributed by atoms with van der Waals surface area (Å²) in [6.07, 6.45) is 5.33. The van der Waals surface area contributed by atoms with E-state index in [0.717, 1.165) is 12.3 Å². The molecule has 5 nitrogen and oxygen atoms in total. The molecule has 5 heteroatoms. The topological polar surface area (TPSA) is 79.2 Å². The molecule has 1 aromatic carbocycles. The molecule has 1 amide bonds. The first-order valence-corrected chi connectivity index (χ1v) is 8.10. The van der Waals surface area contributed by atoms with Gasteiger partial charge in [-0.05, 0) is 49.1 Å². The summed E-state index contributed by atoms with van der Waals surface area (Å²) in [5.74, 6) is 1.18. The number of fused-ring (bicyclic) bond motifs is 2. The number of carbonyl (C=O) groups excluding carboxylic acids is 2. The molecule has 0 radical (unpaired) electrons. The van der Waals surface area contributed by atoms with Crippen molar-refractivity contribution in [2.45, 2.75) is 32.1 Å². The quantitative estimate of drug-likeness (QED) is 0.848. The van der Waals surface area contributed by atoms with Crippen LogP contribution in [0.1, 0.15) is 37.7 Å². The largest absolute Gasteiger partial charge is 0.456 e. The van der Waals surface area contributed by atoms with E-state index in [-0.39, 0.29) is 12.6 Å². The Bertz CT molecular complexity index is 650. The van der Waals surface area contributed by atoms with E-state index in [0.29, 0.717) is 29.5 Å². The first-order chi connectivity index (χ1) is 11.2. The average molecular weight is 312 g/mol. The van der Waals surface area contributed by atoms with Crippen LogP contribution >= 0.6 is 0 Å². The predicted octanol–water partition coefficient (Wildman–Crippen LogP) is 2.87. The summed E-state index contributed by atoms with van der Waals surface area (Å²) < 4.78 is 5.09. The van der Waals surface area contributed by atoms with E-state index in [9.17, 15) is 9.59 Å². The standard InChI is InChI=1S/C18H20N2O3/c19-10-14-3-1-2-4-16(14)20-17(21)11-23-18(22)9-15-8-12-5-6-13(15)7-12/h1-4,12-13,15H,5-9,11H2,(H,20,21)/t12-,13-,15+/m1/s1. The lowest BCUT2D eigenvalue weighted by molar-refractivity contribution is -0.148. The zero-order valence-electron chi connectivity index (χ0n) is 13.0. The lowest BCUT2D eigenvalue weighted by atomic mass is 9.86. The van der Waals surface area contributed by atoms with Gasteiger partial charge in [0.25, 0.3) is 5.91 Å². The van der Waals surface area contributed by atoms with Gasteiger partial charge in [0, 0.05) is 6.42 Å². The molecule has 0 aromatic heterocycles. The first-order valence-electron chi connectivity index (χ1n) is 8.10. The molecule has 120 valence electrons. The van der Waals surface area contributed by atoms with Crippen molar-refractivity contribution in [1.82, 2.24) is 0 Å². The molecule has 2 saturated carbocycles. The number of para-hydroxylation sites is 1.